The Bertz CT molecular complexity index is 743. The largest absolute Gasteiger partial charge is 0.393 e. The molecule has 0 saturated heterocycles. The van der Waals surface area contributed by atoms with Gasteiger partial charge in [0.1, 0.15) is 5.60 Å². The second-order valence-corrected chi connectivity index (χ2v) is 13.0. The molecule has 0 aliphatic heterocycles. The summed E-state index contributed by atoms with van der Waals surface area (Å²) in [6.07, 6.45) is 12.7. The molecule has 4 rings (SSSR count). The Kier molecular flexibility index (Phi) is 6.51. The predicted octanol–water partition coefficient (Wildman–Crippen LogP) is 6.17. The van der Waals surface area contributed by atoms with Crippen LogP contribution in [0.1, 0.15) is 99.3 Å². The summed E-state index contributed by atoms with van der Waals surface area (Å²) in [5.41, 5.74) is -1.40. The minimum absolute atomic E-state index is 0.0170. The summed E-state index contributed by atoms with van der Waals surface area (Å²) in [7, 11) is 0. The van der Waals surface area contributed by atoms with Crippen LogP contribution in [-0.4, -0.2) is 27.7 Å². The summed E-state index contributed by atoms with van der Waals surface area (Å²) in [5.74, 6) is 4.03. The van der Waals surface area contributed by atoms with Gasteiger partial charge >= 0.3 is 0 Å². The van der Waals surface area contributed by atoms with E-state index in [2.05, 4.69) is 53.7 Å². The molecular weight excluding hydrogens is 396 g/mol. The lowest BCUT2D eigenvalue weighted by Crippen LogP contribution is -2.67. The Balaban J connectivity index is 1.56. The molecule has 3 heteroatoms. The fraction of sp³-hybridized carbons (Fsp3) is 0.897. The summed E-state index contributed by atoms with van der Waals surface area (Å²) < 4.78 is 0. The number of aliphatic hydroxyl groups is 2. The van der Waals surface area contributed by atoms with Crippen molar-refractivity contribution < 1.29 is 15.0 Å². The topological polar surface area (TPSA) is 57.5 Å². The zero-order valence-corrected chi connectivity index (χ0v) is 21.4. The Hall–Kier alpha value is -0.670. The first-order valence-electron chi connectivity index (χ1n) is 13.6. The highest BCUT2D eigenvalue weighted by molar-refractivity contribution is 5.89. The number of carbonyl (C=O) groups excluding carboxylic acids is 1. The number of allylic oxidation sites excluding steroid dienone is 2. The van der Waals surface area contributed by atoms with E-state index in [-0.39, 0.29) is 17.6 Å². The van der Waals surface area contributed by atoms with Crippen molar-refractivity contribution in [1.82, 2.24) is 0 Å². The van der Waals surface area contributed by atoms with Crippen LogP contribution in [0, 0.1) is 52.3 Å². The van der Waals surface area contributed by atoms with E-state index in [1.807, 2.05) is 0 Å². The molecule has 4 fully saturated rings. The Morgan fingerprint density at radius 3 is 2.41 bits per heavy atom. The highest BCUT2D eigenvalue weighted by Crippen LogP contribution is 2.68. The molecule has 182 valence electrons. The fourth-order valence-electron chi connectivity index (χ4n) is 9.21. The number of fused-ring (bicyclic) bond motifs is 5. The molecule has 0 spiro atoms. The molecule has 32 heavy (non-hydrogen) atoms. The second kappa shape index (κ2) is 8.52. The van der Waals surface area contributed by atoms with Crippen molar-refractivity contribution in [2.24, 2.45) is 52.3 Å². The number of aliphatic hydroxyl groups excluding tert-OH is 1. The average Bonchev–Trinajstić information content (AvgIpc) is 3.08. The van der Waals surface area contributed by atoms with Gasteiger partial charge in [0.15, 0.2) is 5.78 Å². The maximum atomic E-state index is 13.4. The van der Waals surface area contributed by atoms with Crippen molar-refractivity contribution in [3.8, 4) is 0 Å². The number of carbonyl (C=O) groups is 1. The van der Waals surface area contributed by atoms with E-state index < -0.39 is 11.7 Å². The van der Waals surface area contributed by atoms with E-state index in [9.17, 15) is 15.0 Å². The van der Waals surface area contributed by atoms with E-state index in [1.54, 1.807) is 0 Å². The van der Waals surface area contributed by atoms with Gasteiger partial charge in [0.2, 0.25) is 0 Å². The van der Waals surface area contributed by atoms with Crippen LogP contribution in [0.2, 0.25) is 0 Å². The molecule has 2 N–H and O–H groups in total. The Labute approximate surface area is 196 Å². The molecule has 0 radical (unpaired) electrons. The summed E-state index contributed by atoms with van der Waals surface area (Å²) in [6.45, 7) is 14.0. The van der Waals surface area contributed by atoms with Gasteiger partial charge < -0.3 is 10.2 Å². The SMILES string of the molecule is CC[C@H](/C=C/[C@@H](C)[C@H]1CCC2C3CC(=O)[C@@]4(O)C[C@@H](O)CC[C@]4(C)C3CC[C@@]21C)C(C)C. The third-order valence-electron chi connectivity index (χ3n) is 11.3. The molecule has 10 atom stereocenters. The van der Waals surface area contributed by atoms with Crippen LogP contribution in [-0.2, 0) is 4.79 Å². The lowest BCUT2D eigenvalue weighted by atomic mass is 9.42. The lowest BCUT2D eigenvalue weighted by molar-refractivity contribution is -0.213. The molecule has 0 aromatic rings. The normalized spacial score (nSPS) is 48.4. The van der Waals surface area contributed by atoms with Crippen molar-refractivity contribution in [2.45, 2.75) is 111 Å². The summed E-state index contributed by atoms with van der Waals surface area (Å²) in [6, 6.07) is 0. The van der Waals surface area contributed by atoms with Gasteiger partial charge in [-0.1, -0.05) is 53.7 Å². The zero-order valence-electron chi connectivity index (χ0n) is 21.4. The molecular formula is C29H48O3. The van der Waals surface area contributed by atoms with E-state index in [0.29, 0.717) is 53.3 Å². The quantitative estimate of drug-likeness (QED) is 0.498. The first-order chi connectivity index (χ1) is 15.0. The molecule has 0 heterocycles. The maximum Gasteiger partial charge on any atom is 0.165 e. The summed E-state index contributed by atoms with van der Waals surface area (Å²) >= 11 is 0. The molecule has 4 aliphatic carbocycles. The van der Waals surface area contributed by atoms with Crippen LogP contribution in [0.25, 0.3) is 0 Å². The van der Waals surface area contributed by atoms with E-state index in [4.69, 9.17) is 0 Å². The number of hydrogen-bond donors (Lipinski definition) is 2. The second-order valence-electron chi connectivity index (χ2n) is 13.0. The lowest BCUT2D eigenvalue weighted by Gasteiger charge is -2.63. The summed E-state index contributed by atoms with van der Waals surface area (Å²) in [5, 5.41) is 21.8. The highest BCUT2D eigenvalue weighted by atomic mass is 16.3. The van der Waals surface area contributed by atoms with Gasteiger partial charge in [-0.2, -0.15) is 0 Å². The average molecular weight is 445 g/mol. The predicted molar refractivity (Wildman–Crippen MR) is 130 cm³/mol. The molecule has 3 nitrogen and oxygen atoms in total. The molecule has 3 unspecified atom stereocenters. The number of ketones is 1. The van der Waals surface area contributed by atoms with E-state index in [1.165, 1.54) is 25.7 Å². The van der Waals surface area contributed by atoms with Crippen molar-refractivity contribution in [3.63, 3.8) is 0 Å². The molecule has 0 aromatic heterocycles. The van der Waals surface area contributed by atoms with Crippen LogP contribution in [0.5, 0.6) is 0 Å². The van der Waals surface area contributed by atoms with Gasteiger partial charge in [0, 0.05) is 18.3 Å². The number of Topliss-reactive ketones (excluding diaryl/α,β-unsaturated/α-hetero) is 1. The van der Waals surface area contributed by atoms with Gasteiger partial charge in [-0.05, 0) is 91.8 Å². The minimum Gasteiger partial charge on any atom is -0.393 e. The Morgan fingerprint density at radius 1 is 1.03 bits per heavy atom. The zero-order chi connectivity index (χ0) is 23.5. The van der Waals surface area contributed by atoms with Gasteiger partial charge in [-0.3, -0.25) is 4.79 Å². The standard InChI is InChI=1S/C29H48O3/c1-7-20(18(2)3)9-8-19(4)23-10-11-24-22-16-26(31)29(32)17-21(30)12-15-28(29,6)25(22)13-14-27(23,24)5/h8-9,18-25,30,32H,7,10-17H2,1-6H3/b9-8+/t19-,20-,21+,22?,23-,24?,25?,27-,28-,29+/m1/s1. The first-order valence-corrected chi connectivity index (χ1v) is 13.6. The molecule has 4 saturated carbocycles. The van der Waals surface area contributed by atoms with Gasteiger partial charge in [-0.25, -0.2) is 0 Å². The van der Waals surface area contributed by atoms with Gasteiger partial charge in [0.05, 0.1) is 6.10 Å². The van der Waals surface area contributed by atoms with Crippen LogP contribution < -0.4 is 0 Å². The summed E-state index contributed by atoms with van der Waals surface area (Å²) in [4.78, 5) is 13.4. The van der Waals surface area contributed by atoms with Crippen molar-refractivity contribution in [2.75, 3.05) is 0 Å². The van der Waals surface area contributed by atoms with Crippen LogP contribution in [0.15, 0.2) is 12.2 Å². The first kappa shape index (κ1) is 24.5. The van der Waals surface area contributed by atoms with E-state index in [0.717, 1.165) is 19.3 Å². The third kappa shape index (κ3) is 3.56. The van der Waals surface area contributed by atoms with E-state index >= 15 is 0 Å². The number of hydrogen-bond acceptors (Lipinski definition) is 3. The maximum absolute atomic E-state index is 13.4. The van der Waals surface area contributed by atoms with Crippen LogP contribution in [0.4, 0.5) is 0 Å². The van der Waals surface area contributed by atoms with Crippen LogP contribution in [0.3, 0.4) is 0 Å². The monoisotopic (exact) mass is 444 g/mol. The highest BCUT2D eigenvalue weighted by Gasteiger charge is 2.67. The van der Waals surface area contributed by atoms with Gasteiger partial charge in [0.25, 0.3) is 0 Å². The van der Waals surface area contributed by atoms with Crippen molar-refractivity contribution in [3.05, 3.63) is 12.2 Å². The molecule has 0 amide bonds. The van der Waals surface area contributed by atoms with Crippen LogP contribution >= 0.6 is 0 Å². The fourth-order valence-corrected chi connectivity index (χ4v) is 9.21. The Morgan fingerprint density at radius 2 is 1.75 bits per heavy atom. The van der Waals surface area contributed by atoms with Gasteiger partial charge in [-0.15, -0.1) is 0 Å². The number of rotatable bonds is 5. The third-order valence-corrected chi connectivity index (χ3v) is 11.3. The smallest absolute Gasteiger partial charge is 0.165 e. The van der Waals surface area contributed by atoms with Crippen molar-refractivity contribution in [1.29, 1.82) is 0 Å². The van der Waals surface area contributed by atoms with Crippen molar-refractivity contribution >= 4 is 5.78 Å². The minimum atomic E-state index is -1.32. The molecule has 4 aliphatic rings. The molecule has 0 aromatic carbocycles. The molecule has 0 bridgehead atoms.